The highest BCUT2D eigenvalue weighted by molar-refractivity contribution is 6.08. The van der Waals surface area contributed by atoms with Crippen molar-refractivity contribution in [2.75, 3.05) is 47.8 Å². The van der Waals surface area contributed by atoms with E-state index >= 15 is 0 Å². The second kappa shape index (κ2) is 8.05. The molecule has 0 amide bonds. The molecule has 40 heavy (non-hydrogen) atoms. The molecule has 0 spiro atoms. The number of aliphatic hydroxyl groups excluding tert-OH is 2. The molecule has 0 bridgehead atoms. The smallest absolute Gasteiger partial charge is 0.106 e. The second-order valence-corrected chi connectivity index (χ2v) is 13.0. The molecule has 2 N–H and O–H groups in total. The molecule has 0 aromatic heterocycles. The molecule has 2 heterocycles. The third kappa shape index (κ3) is 2.96. The lowest BCUT2D eigenvalue weighted by molar-refractivity contribution is -0.0782. The molecule has 7 rings (SSSR count). The van der Waals surface area contributed by atoms with Crippen LogP contribution in [0.3, 0.4) is 0 Å². The van der Waals surface area contributed by atoms with Gasteiger partial charge in [0.2, 0.25) is 0 Å². The number of benzene rings is 4. The molecule has 6 heteroatoms. The Morgan fingerprint density at radius 2 is 0.900 bits per heavy atom. The molecular formula is C34H40N4O2. The lowest BCUT2D eigenvalue weighted by atomic mass is 9.62. The molecule has 0 radical (unpaired) electrons. The first-order valence-electron chi connectivity index (χ1n) is 14.3. The average molecular weight is 537 g/mol. The summed E-state index contributed by atoms with van der Waals surface area (Å²) in [6.07, 6.45) is -1.41. The van der Waals surface area contributed by atoms with Crippen LogP contribution >= 0.6 is 0 Å². The predicted molar refractivity (Wildman–Crippen MR) is 167 cm³/mol. The van der Waals surface area contributed by atoms with Gasteiger partial charge in [-0.05, 0) is 61.7 Å². The van der Waals surface area contributed by atoms with Gasteiger partial charge >= 0.3 is 0 Å². The van der Waals surface area contributed by atoms with Crippen LogP contribution in [0.25, 0.3) is 21.5 Å². The van der Waals surface area contributed by atoms with Gasteiger partial charge in [0, 0.05) is 62.2 Å². The van der Waals surface area contributed by atoms with E-state index in [1.807, 2.05) is 0 Å². The third-order valence-electron chi connectivity index (χ3n) is 10.9. The van der Waals surface area contributed by atoms with Crippen molar-refractivity contribution in [3.8, 4) is 0 Å². The Morgan fingerprint density at radius 1 is 0.525 bits per heavy atom. The van der Waals surface area contributed by atoms with E-state index in [0.717, 1.165) is 22.5 Å². The molecule has 1 saturated carbocycles. The summed E-state index contributed by atoms with van der Waals surface area (Å²) in [5.41, 5.74) is 6.07. The maximum Gasteiger partial charge on any atom is 0.106 e. The van der Waals surface area contributed by atoms with Crippen LogP contribution in [-0.2, 0) is 0 Å². The molecule has 3 aliphatic rings. The van der Waals surface area contributed by atoms with Crippen LogP contribution in [0.4, 0.5) is 22.7 Å². The van der Waals surface area contributed by atoms with Gasteiger partial charge < -0.3 is 29.8 Å². The van der Waals surface area contributed by atoms with Crippen molar-refractivity contribution in [2.45, 2.75) is 63.1 Å². The number of rotatable bonds is 2. The Morgan fingerprint density at radius 3 is 1.27 bits per heavy atom. The first kappa shape index (κ1) is 25.5. The van der Waals surface area contributed by atoms with E-state index < -0.39 is 12.2 Å². The minimum atomic E-state index is -0.705. The van der Waals surface area contributed by atoms with E-state index in [9.17, 15) is 10.2 Å². The van der Waals surface area contributed by atoms with Crippen LogP contribution in [0.1, 0.15) is 50.7 Å². The van der Waals surface area contributed by atoms with Crippen molar-refractivity contribution < 1.29 is 10.2 Å². The SMILES string of the molecule is CN1c2cccc3ccc(C4C(O)C(c5ccc6cccc7c6c5N(C)C(C)(C)N7C)C4O)c(c23)N(C)C1(C)C. The van der Waals surface area contributed by atoms with Crippen LogP contribution in [-0.4, -0.2) is 61.9 Å². The minimum absolute atomic E-state index is 0.268. The van der Waals surface area contributed by atoms with Gasteiger partial charge in [-0.15, -0.1) is 0 Å². The van der Waals surface area contributed by atoms with Crippen molar-refractivity contribution in [1.82, 2.24) is 0 Å². The fraction of sp³-hybridized carbons (Fsp3) is 0.412. The lowest BCUT2D eigenvalue weighted by Gasteiger charge is -2.54. The summed E-state index contributed by atoms with van der Waals surface area (Å²) >= 11 is 0. The van der Waals surface area contributed by atoms with Gasteiger partial charge in [0.05, 0.1) is 23.6 Å². The van der Waals surface area contributed by atoms with Crippen LogP contribution < -0.4 is 19.6 Å². The fourth-order valence-electron chi connectivity index (χ4n) is 7.56. The van der Waals surface area contributed by atoms with Crippen molar-refractivity contribution in [3.05, 3.63) is 71.8 Å². The monoisotopic (exact) mass is 536 g/mol. The molecule has 1 aliphatic carbocycles. The van der Waals surface area contributed by atoms with Gasteiger partial charge in [-0.3, -0.25) is 0 Å². The zero-order valence-electron chi connectivity index (χ0n) is 24.8. The zero-order valence-corrected chi connectivity index (χ0v) is 24.8. The zero-order chi connectivity index (χ0) is 28.5. The van der Waals surface area contributed by atoms with Crippen molar-refractivity contribution >= 4 is 44.3 Å². The van der Waals surface area contributed by atoms with Gasteiger partial charge in [-0.1, -0.05) is 48.5 Å². The summed E-state index contributed by atoms with van der Waals surface area (Å²) in [6.45, 7) is 8.87. The first-order valence-corrected chi connectivity index (χ1v) is 14.3. The fourth-order valence-corrected chi connectivity index (χ4v) is 7.56. The van der Waals surface area contributed by atoms with Crippen LogP contribution in [0.2, 0.25) is 0 Å². The number of anilines is 4. The Labute approximate surface area is 237 Å². The minimum Gasteiger partial charge on any atom is -0.392 e. The topological polar surface area (TPSA) is 53.4 Å². The molecule has 1 fully saturated rings. The maximum atomic E-state index is 11.9. The first-order chi connectivity index (χ1) is 18.9. The van der Waals surface area contributed by atoms with E-state index in [-0.39, 0.29) is 23.2 Å². The van der Waals surface area contributed by atoms with E-state index in [0.29, 0.717) is 0 Å². The summed E-state index contributed by atoms with van der Waals surface area (Å²) < 4.78 is 0. The maximum absolute atomic E-state index is 11.9. The molecule has 208 valence electrons. The summed E-state index contributed by atoms with van der Waals surface area (Å²) in [5.74, 6) is -0.747. The highest BCUT2D eigenvalue weighted by Gasteiger charge is 2.54. The molecule has 2 aliphatic heterocycles. The Balaban J connectivity index is 1.38. The molecule has 0 unspecified atom stereocenters. The number of nitrogens with zero attached hydrogens (tertiary/aromatic N) is 4. The molecule has 0 atom stereocenters. The summed E-state index contributed by atoms with van der Waals surface area (Å²) in [4.78, 5) is 9.24. The van der Waals surface area contributed by atoms with Gasteiger partial charge in [0.15, 0.2) is 0 Å². The lowest BCUT2D eigenvalue weighted by Crippen LogP contribution is -2.58. The van der Waals surface area contributed by atoms with Crippen molar-refractivity contribution in [1.29, 1.82) is 0 Å². The molecule has 4 aromatic carbocycles. The van der Waals surface area contributed by atoms with Gasteiger partial charge in [-0.2, -0.15) is 0 Å². The normalized spacial score (nSPS) is 26.4. The van der Waals surface area contributed by atoms with Gasteiger partial charge in [0.25, 0.3) is 0 Å². The Kier molecular flexibility index (Phi) is 5.13. The van der Waals surface area contributed by atoms with Crippen molar-refractivity contribution in [2.24, 2.45) is 0 Å². The quantitative estimate of drug-likeness (QED) is 0.336. The van der Waals surface area contributed by atoms with Crippen LogP contribution in [0.15, 0.2) is 60.7 Å². The number of hydrogen-bond acceptors (Lipinski definition) is 6. The summed E-state index contributed by atoms with van der Waals surface area (Å²) in [6, 6.07) is 21.4. The third-order valence-corrected chi connectivity index (χ3v) is 10.9. The van der Waals surface area contributed by atoms with Crippen LogP contribution in [0, 0.1) is 0 Å². The van der Waals surface area contributed by atoms with E-state index in [4.69, 9.17) is 0 Å². The Bertz CT molecular complexity index is 1560. The van der Waals surface area contributed by atoms with Gasteiger partial charge in [0.1, 0.15) is 11.3 Å². The molecule has 6 nitrogen and oxygen atoms in total. The standard InChI is InChI=1S/C34H40N4O2/c1-33(2)35(5)23-13-9-11-19-15-17-21(29(25(19)23)37(33)7)27-31(39)28(32(27)40)22-18-16-20-12-10-14-24-26(20)30(22)38(8)34(3,4)36(24)6/h9-18,27-28,31-32,39-40H,1-8H3. The second-order valence-electron chi connectivity index (χ2n) is 13.0. The van der Waals surface area contributed by atoms with E-state index in [2.05, 4.69) is 136 Å². The highest BCUT2D eigenvalue weighted by atomic mass is 16.3. The van der Waals surface area contributed by atoms with E-state index in [1.165, 1.54) is 32.9 Å². The summed E-state index contributed by atoms with van der Waals surface area (Å²) in [5, 5.41) is 28.6. The molecule has 0 saturated heterocycles. The Hall–Kier alpha value is -3.48. The van der Waals surface area contributed by atoms with Crippen LogP contribution in [0.5, 0.6) is 0 Å². The van der Waals surface area contributed by atoms with E-state index in [1.54, 1.807) is 0 Å². The molecular weight excluding hydrogens is 496 g/mol. The molecule has 4 aromatic rings. The van der Waals surface area contributed by atoms with Crippen molar-refractivity contribution in [3.63, 3.8) is 0 Å². The number of hydrogen-bond donors (Lipinski definition) is 2. The average Bonchev–Trinajstić information content (AvgIpc) is 2.93. The number of aliphatic hydroxyl groups is 2. The predicted octanol–water partition coefficient (Wildman–Crippen LogP) is 5.84. The summed E-state index contributed by atoms with van der Waals surface area (Å²) in [7, 11) is 8.53. The largest absolute Gasteiger partial charge is 0.392 e. The van der Waals surface area contributed by atoms with Gasteiger partial charge in [-0.25, -0.2) is 0 Å². The highest BCUT2D eigenvalue weighted by Crippen LogP contribution is 2.57.